The monoisotopic (exact) mass is 391 g/mol. The Bertz CT molecular complexity index is 989. The average Bonchev–Trinajstić information content (AvgIpc) is 3.43. The molecule has 0 aliphatic carbocycles. The van der Waals surface area contributed by atoms with Crippen LogP contribution in [0.2, 0.25) is 0 Å². The summed E-state index contributed by atoms with van der Waals surface area (Å²) in [5.41, 5.74) is 3.99. The fourth-order valence-corrected chi connectivity index (χ4v) is 5.60. The van der Waals surface area contributed by atoms with Crippen molar-refractivity contribution in [1.82, 2.24) is 15.1 Å². The van der Waals surface area contributed by atoms with E-state index in [-0.39, 0.29) is 17.8 Å². The SMILES string of the molecule is OC[C@]1(Cc2ccccc2)C[C@@H]2CC[C@H]1N2Cc1cn[nH]c1-c1cccc(F)c1. The topological polar surface area (TPSA) is 52.1 Å². The first kappa shape index (κ1) is 18.5. The number of hydrogen-bond donors (Lipinski definition) is 2. The highest BCUT2D eigenvalue weighted by Crippen LogP contribution is 2.52. The minimum Gasteiger partial charge on any atom is -0.396 e. The molecule has 2 N–H and O–H groups in total. The van der Waals surface area contributed by atoms with Crippen LogP contribution in [0.4, 0.5) is 4.39 Å². The van der Waals surface area contributed by atoms with E-state index < -0.39 is 0 Å². The largest absolute Gasteiger partial charge is 0.396 e. The molecule has 150 valence electrons. The molecular formula is C24H26FN3O. The van der Waals surface area contributed by atoms with Crippen LogP contribution in [-0.4, -0.2) is 38.9 Å². The van der Waals surface area contributed by atoms with Crippen LogP contribution in [0.5, 0.6) is 0 Å². The van der Waals surface area contributed by atoms with Gasteiger partial charge < -0.3 is 5.11 Å². The van der Waals surface area contributed by atoms with E-state index in [2.05, 4.69) is 39.4 Å². The van der Waals surface area contributed by atoms with Crippen molar-refractivity contribution >= 4 is 0 Å². The average molecular weight is 391 g/mol. The lowest BCUT2D eigenvalue weighted by Crippen LogP contribution is -2.41. The van der Waals surface area contributed by atoms with E-state index in [0.717, 1.165) is 42.6 Å². The molecular weight excluding hydrogens is 365 g/mol. The van der Waals surface area contributed by atoms with Crippen molar-refractivity contribution in [3.8, 4) is 11.3 Å². The summed E-state index contributed by atoms with van der Waals surface area (Å²) in [6, 6.07) is 18.0. The van der Waals surface area contributed by atoms with Crippen LogP contribution in [-0.2, 0) is 13.0 Å². The van der Waals surface area contributed by atoms with Crippen LogP contribution >= 0.6 is 0 Å². The molecule has 2 saturated heterocycles. The Labute approximate surface area is 170 Å². The number of hydrogen-bond acceptors (Lipinski definition) is 3. The third-order valence-corrected chi connectivity index (χ3v) is 6.89. The molecule has 5 rings (SSSR count). The number of benzene rings is 2. The van der Waals surface area contributed by atoms with Gasteiger partial charge in [-0.3, -0.25) is 10.00 Å². The number of halogens is 1. The molecule has 0 saturated carbocycles. The second kappa shape index (κ2) is 7.39. The third kappa shape index (κ3) is 3.28. The smallest absolute Gasteiger partial charge is 0.123 e. The number of rotatable bonds is 6. The number of aliphatic hydroxyl groups excluding tert-OH is 1. The number of aromatic amines is 1. The van der Waals surface area contributed by atoms with Crippen LogP contribution < -0.4 is 0 Å². The minimum atomic E-state index is -0.244. The van der Waals surface area contributed by atoms with Gasteiger partial charge in [0.25, 0.3) is 0 Å². The predicted octanol–water partition coefficient (Wildman–Crippen LogP) is 4.17. The third-order valence-electron chi connectivity index (χ3n) is 6.89. The lowest BCUT2D eigenvalue weighted by Gasteiger charge is -2.36. The molecule has 2 aliphatic rings. The molecule has 3 atom stereocenters. The van der Waals surface area contributed by atoms with Crippen molar-refractivity contribution in [2.75, 3.05) is 6.61 Å². The van der Waals surface area contributed by atoms with Crippen LogP contribution in [0.25, 0.3) is 11.3 Å². The van der Waals surface area contributed by atoms with E-state index in [0.29, 0.717) is 12.1 Å². The van der Waals surface area contributed by atoms with Crippen LogP contribution in [0.1, 0.15) is 30.4 Å². The minimum absolute atomic E-state index is 0.0903. The van der Waals surface area contributed by atoms with Gasteiger partial charge in [-0.2, -0.15) is 5.10 Å². The summed E-state index contributed by atoms with van der Waals surface area (Å²) < 4.78 is 13.7. The number of fused-ring (bicyclic) bond motifs is 2. The van der Waals surface area contributed by atoms with Gasteiger partial charge >= 0.3 is 0 Å². The fraction of sp³-hybridized carbons (Fsp3) is 0.375. The van der Waals surface area contributed by atoms with Gasteiger partial charge in [0.05, 0.1) is 18.5 Å². The molecule has 0 spiro atoms. The summed E-state index contributed by atoms with van der Waals surface area (Å²) in [5, 5.41) is 17.7. The molecule has 0 radical (unpaired) electrons. The highest BCUT2D eigenvalue weighted by Gasteiger charge is 2.55. The van der Waals surface area contributed by atoms with Gasteiger partial charge in [0.1, 0.15) is 5.82 Å². The molecule has 2 bridgehead atoms. The Morgan fingerprint density at radius 3 is 2.79 bits per heavy atom. The molecule has 3 aromatic rings. The molecule has 1 aromatic heterocycles. The first-order valence-electron chi connectivity index (χ1n) is 10.4. The van der Waals surface area contributed by atoms with Crippen molar-refractivity contribution < 1.29 is 9.50 Å². The van der Waals surface area contributed by atoms with Crippen LogP contribution in [0.15, 0.2) is 60.8 Å². The van der Waals surface area contributed by atoms with Crippen molar-refractivity contribution in [3.05, 3.63) is 77.7 Å². The number of H-pyrrole nitrogens is 1. The predicted molar refractivity (Wildman–Crippen MR) is 111 cm³/mol. The van der Waals surface area contributed by atoms with E-state index in [9.17, 15) is 9.50 Å². The highest BCUT2D eigenvalue weighted by molar-refractivity contribution is 5.62. The van der Waals surface area contributed by atoms with Gasteiger partial charge in [-0.1, -0.05) is 42.5 Å². The number of nitrogens with one attached hydrogen (secondary N) is 1. The summed E-state index contributed by atoms with van der Waals surface area (Å²) >= 11 is 0. The molecule has 2 aliphatic heterocycles. The van der Waals surface area contributed by atoms with E-state index in [4.69, 9.17) is 0 Å². The lowest BCUT2D eigenvalue weighted by atomic mass is 9.70. The van der Waals surface area contributed by atoms with E-state index >= 15 is 0 Å². The van der Waals surface area contributed by atoms with Gasteiger partial charge in [0, 0.05) is 35.2 Å². The maximum Gasteiger partial charge on any atom is 0.123 e. The van der Waals surface area contributed by atoms with Gasteiger partial charge in [-0.15, -0.1) is 0 Å². The standard InChI is InChI=1S/C24H26FN3O/c25-20-8-4-7-18(11-20)23-19(14-26-27-23)15-28-21-9-10-22(28)24(13-21,16-29)12-17-5-2-1-3-6-17/h1-8,11,14,21-22,29H,9-10,12-13,15-16H2,(H,26,27)/t21-,22+,24-/m0/s1. The Morgan fingerprint density at radius 1 is 1.14 bits per heavy atom. The van der Waals surface area contributed by atoms with Crippen molar-refractivity contribution in [3.63, 3.8) is 0 Å². The maximum absolute atomic E-state index is 13.7. The van der Waals surface area contributed by atoms with Gasteiger partial charge in [0.2, 0.25) is 0 Å². The van der Waals surface area contributed by atoms with E-state index in [1.165, 1.54) is 18.1 Å². The highest BCUT2D eigenvalue weighted by atomic mass is 19.1. The first-order chi connectivity index (χ1) is 14.2. The Morgan fingerprint density at radius 2 is 2.00 bits per heavy atom. The molecule has 2 aromatic carbocycles. The molecule has 2 fully saturated rings. The van der Waals surface area contributed by atoms with Crippen molar-refractivity contribution in [2.45, 2.75) is 44.3 Å². The first-order valence-corrected chi connectivity index (χ1v) is 10.4. The zero-order chi connectivity index (χ0) is 19.8. The summed E-state index contributed by atoms with van der Waals surface area (Å²) in [6.45, 7) is 0.982. The number of nitrogens with zero attached hydrogens (tertiary/aromatic N) is 2. The molecule has 0 unspecified atom stereocenters. The zero-order valence-corrected chi connectivity index (χ0v) is 16.4. The number of aromatic nitrogens is 2. The Balaban J connectivity index is 1.40. The van der Waals surface area contributed by atoms with E-state index in [1.54, 1.807) is 12.1 Å². The van der Waals surface area contributed by atoms with Crippen LogP contribution in [0, 0.1) is 11.2 Å². The molecule has 0 amide bonds. The Kier molecular flexibility index (Phi) is 4.72. The summed E-state index contributed by atoms with van der Waals surface area (Å²) in [7, 11) is 0. The van der Waals surface area contributed by atoms with Crippen LogP contribution in [0.3, 0.4) is 0 Å². The normalized spacial score (nSPS) is 26.3. The molecule has 4 nitrogen and oxygen atoms in total. The quantitative estimate of drug-likeness (QED) is 0.663. The molecule has 29 heavy (non-hydrogen) atoms. The fourth-order valence-electron chi connectivity index (χ4n) is 5.60. The summed E-state index contributed by atoms with van der Waals surface area (Å²) in [4.78, 5) is 2.55. The maximum atomic E-state index is 13.7. The molecule has 5 heteroatoms. The number of aliphatic hydroxyl groups is 1. The van der Waals surface area contributed by atoms with Gasteiger partial charge in [0.15, 0.2) is 0 Å². The lowest BCUT2D eigenvalue weighted by molar-refractivity contribution is 0.0751. The second-order valence-corrected chi connectivity index (χ2v) is 8.59. The second-order valence-electron chi connectivity index (χ2n) is 8.59. The summed E-state index contributed by atoms with van der Waals surface area (Å²) in [6.07, 6.45) is 6.08. The van der Waals surface area contributed by atoms with Gasteiger partial charge in [-0.25, -0.2) is 4.39 Å². The van der Waals surface area contributed by atoms with E-state index in [1.807, 2.05) is 18.3 Å². The Hall–Kier alpha value is -2.50. The van der Waals surface area contributed by atoms with Gasteiger partial charge in [-0.05, 0) is 43.4 Å². The van der Waals surface area contributed by atoms with Crippen molar-refractivity contribution in [2.24, 2.45) is 5.41 Å². The zero-order valence-electron chi connectivity index (χ0n) is 16.4. The summed E-state index contributed by atoms with van der Waals surface area (Å²) in [5.74, 6) is -0.244. The van der Waals surface area contributed by atoms with Crippen molar-refractivity contribution in [1.29, 1.82) is 0 Å². The molecule has 3 heterocycles.